The van der Waals surface area contributed by atoms with Crippen LogP contribution >= 0.6 is 0 Å². The molecule has 0 saturated heterocycles. The first-order valence-electron chi connectivity index (χ1n) is 7.73. The highest BCUT2D eigenvalue weighted by Gasteiger charge is 2.09. The Kier molecular flexibility index (Phi) is 8.56. The molecule has 0 aliphatic carbocycles. The van der Waals surface area contributed by atoms with Gasteiger partial charge in [-0.15, -0.1) is 0 Å². The van der Waals surface area contributed by atoms with Gasteiger partial charge in [-0.1, -0.05) is 6.07 Å². The van der Waals surface area contributed by atoms with Crippen LogP contribution in [-0.2, 0) is 14.3 Å². The number of amides is 3. The van der Waals surface area contributed by atoms with E-state index in [1.54, 1.807) is 25.1 Å². The van der Waals surface area contributed by atoms with Gasteiger partial charge >= 0.3 is 12.0 Å². The molecule has 8 nitrogen and oxygen atoms in total. The van der Waals surface area contributed by atoms with E-state index < -0.39 is 24.5 Å². The van der Waals surface area contributed by atoms with Crippen molar-refractivity contribution < 1.29 is 28.6 Å². The molecule has 0 fully saturated rings. The van der Waals surface area contributed by atoms with Crippen molar-refractivity contribution >= 4 is 24.0 Å². The normalized spacial score (nSPS) is 10.2. The summed E-state index contributed by atoms with van der Waals surface area (Å²) in [6, 6.07) is 4.54. The summed E-state index contributed by atoms with van der Waals surface area (Å²) in [6.07, 6.45) is 2.70. The molecule has 0 atom stereocenters. The van der Waals surface area contributed by atoms with Crippen LogP contribution in [0, 0.1) is 0 Å². The largest absolute Gasteiger partial charge is 0.493 e. The SMILES string of the molecule is CCNC(=O)NC(=O)COC(=O)/C=C/c1ccc(OC)c(OCC)c1. The fourth-order valence-corrected chi connectivity index (χ4v) is 1.78. The first kappa shape index (κ1) is 20.0. The maximum Gasteiger partial charge on any atom is 0.331 e. The third kappa shape index (κ3) is 7.38. The van der Waals surface area contributed by atoms with Crippen LogP contribution in [0.15, 0.2) is 24.3 Å². The second kappa shape index (κ2) is 10.7. The molecule has 2 N–H and O–H groups in total. The van der Waals surface area contributed by atoms with Crippen LogP contribution in [0.25, 0.3) is 6.08 Å². The minimum atomic E-state index is -0.712. The van der Waals surface area contributed by atoms with Crippen LogP contribution < -0.4 is 20.1 Å². The molecular weight excluding hydrogens is 328 g/mol. The summed E-state index contributed by atoms with van der Waals surface area (Å²) in [7, 11) is 1.54. The molecule has 8 heteroatoms. The van der Waals surface area contributed by atoms with Gasteiger partial charge < -0.3 is 19.5 Å². The number of hydrogen-bond donors (Lipinski definition) is 2. The molecular formula is C17H22N2O6. The number of rotatable bonds is 8. The quantitative estimate of drug-likeness (QED) is 0.544. The van der Waals surface area contributed by atoms with Crippen LogP contribution in [0.1, 0.15) is 19.4 Å². The topological polar surface area (TPSA) is 103 Å². The van der Waals surface area contributed by atoms with Crippen LogP contribution in [0.5, 0.6) is 11.5 Å². The number of urea groups is 1. The maximum atomic E-state index is 11.6. The van der Waals surface area contributed by atoms with Crippen molar-refractivity contribution in [3.05, 3.63) is 29.8 Å². The molecule has 1 aromatic rings. The van der Waals surface area contributed by atoms with Gasteiger partial charge in [0.2, 0.25) is 0 Å². The summed E-state index contributed by atoms with van der Waals surface area (Å²) < 4.78 is 15.4. The highest BCUT2D eigenvalue weighted by atomic mass is 16.5. The Labute approximate surface area is 146 Å². The fraction of sp³-hybridized carbons (Fsp3) is 0.353. The average Bonchev–Trinajstić information content (AvgIpc) is 2.58. The predicted octanol–water partition coefficient (Wildman–Crippen LogP) is 1.50. The lowest BCUT2D eigenvalue weighted by Gasteiger charge is -2.09. The Bertz CT molecular complexity index is 642. The summed E-state index contributed by atoms with van der Waals surface area (Å²) in [5.41, 5.74) is 0.702. The number of ether oxygens (including phenoxy) is 3. The summed E-state index contributed by atoms with van der Waals surface area (Å²) in [4.78, 5) is 34.1. The zero-order chi connectivity index (χ0) is 18.7. The van der Waals surface area contributed by atoms with E-state index in [1.807, 2.05) is 12.2 Å². The molecule has 0 aliphatic heterocycles. The van der Waals surface area contributed by atoms with Gasteiger partial charge in [0.25, 0.3) is 5.91 Å². The van der Waals surface area contributed by atoms with Gasteiger partial charge in [-0.25, -0.2) is 9.59 Å². The molecule has 0 aliphatic rings. The van der Waals surface area contributed by atoms with E-state index in [0.717, 1.165) is 0 Å². The van der Waals surface area contributed by atoms with E-state index in [1.165, 1.54) is 19.3 Å². The minimum Gasteiger partial charge on any atom is -0.493 e. The fourth-order valence-electron chi connectivity index (χ4n) is 1.78. The van der Waals surface area contributed by atoms with E-state index in [2.05, 4.69) is 5.32 Å². The first-order valence-corrected chi connectivity index (χ1v) is 7.73. The zero-order valence-corrected chi connectivity index (χ0v) is 14.5. The summed E-state index contributed by atoms with van der Waals surface area (Å²) in [5.74, 6) is -0.277. The second-order valence-corrected chi connectivity index (χ2v) is 4.69. The van der Waals surface area contributed by atoms with Crippen molar-refractivity contribution in [2.75, 3.05) is 26.9 Å². The second-order valence-electron chi connectivity index (χ2n) is 4.69. The Morgan fingerprint density at radius 2 is 1.92 bits per heavy atom. The third-order valence-electron chi connectivity index (χ3n) is 2.84. The lowest BCUT2D eigenvalue weighted by Crippen LogP contribution is -2.41. The van der Waals surface area contributed by atoms with Gasteiger partial charge in [0.15, 0.2) is 18.1 Å². The van der Waals surface area contributed by atoms with Crippen molar-refractivity contribution in [2.45, 2.75) is 13.8 Å². The Balaban J connectivity index is 2.55. The van der Waals surface area contributed by atoms with Gasteiger partial charge in [0, 0.05) is 12.6 Å². The minimum absolute atomic E-state index is 0.382. The van der Waals surface area contributed by atoms with Crippen LogP contribution in [0.3, 0.4) is 0 Å². The van der Waals surface area contributed by atoms with Crippen molar-refractivity contribution in [3.63, 3.8) is 0 Å². The number of carbonyl (C=O) groups excluding carboxylic acids is 3. The smallest absolute Gasteiger partial charge is 0.331 e. The van der Waals surface area contributed by atoms with E-state index in [9.17, 15) is 14.4 Å². The van der Waals surface area contributed by atoms with Crippen LogP contribution in [0.2, 0.25) is 0 Å². The molecule has 0 radical (unpaired) electrons. The molecule has 0 heterocycles. The van der Waals surface area contributed by atoms with Crippen molar-refractivity contribution in [2.24, 2.45) is 0 Å². The number of benzene rings is 1. The van der Waals surface area contributed by atoms with Crippen molar-refractivity contribution in [3.8, 4) is 11.5 Å². The predicted molar refractivity (Wildman–Crippen MR) is 91.4 cm³/mol. The van der Waals surface area contributed by atoms with Gasteiger partial charge in [0.1, 0.15) is 0 Å². The van der Waals surface area contributed by atoms with Gasteiger partial charge in [-0.2, -0.15) is 0 Å². The number of esters is 1. The lowest BCUT2D eigenvalue weighted by atomic mass is 10.2. The number of carbonyl (C=O) groups is 3. The average molecular weight is 350 g/mol. The third-order valence-corrected chi connectivity index (χ3v) is 2.84. The highest BCUT2D eigenvalue weighted by Crippen LogP contribution is 2.28. The van der Waals surface area contributed by atoms with E-state index >= 15 is 0 Å². The van der Waals surface area contributed by atoms with Crippen molar-refractivity contribution in [1.82, 2.24) is 10.6 Å². The standard InChI is InChI=1S/C17H22N2O6/c1-4-18-17(22)19-15(20)11-25-16(21)9-7-12-6-8-13(23-3)14(10-12)24-5-2/h6-10H,4-5,11H2,1-3H3,(H2,18,19,20,22)/b9-7+. The number of imide groups is 1. The van der Waals surface area contributed by atoms with E-state index in [-0.39, 0.29) is 0 Å². The maximum absolute atomic E-state index is 11.6. The molecule has 3 amide bonds. The summed E-state index contributed by atoms with van der Waals surface area (Å²) >= 11 is 0. The monoisotopic (exact) mass is 350 g/mol. The Hall–Kier alpha value is -3.03. The molecule has 136 valence electrons. The summed E-state index contributed by atoms with van der Waals surface area (Å²) in [6.45, 7) is 3.88. The number of hydrogen-bond acceptors (Lipinski definition) is 6. The lowest BCUT2D eigenvalue weighted by molar-refractivity contribution is -0.143. The Morgan fingerprint density at radius 3 is 2.56 bits per heavy atom. The van der Waals surface area contributed by atoms with Gasteiger partial charge in [-0.05, 0) is 37.6 Å². The summed E-state index contributed by atoms with van der Waals surface area (Å²) in [5, 5.41) is 4.41. The number of methoxy groups -OCH3 is 1. The van der Waals surface area contributed by atoms with Crippen molar-refractivity contribution in [1.29, 1.82) is 0 Å². The molecule has 0 spiro atoms. The van der Waals surface area contributed by atoms with Gasteiger partial charge in [0.05, 0.1) is 13.7 Å². The van der Waals surface area contributed by atoms with E-state index in [0.29, 0.717) is 30.2 Å². The number of nitrogens with one attached hydrogen (secondary N) is 2. The Morgan fingerprint density at radius 1 is 1.16 bits per heavy atom. The van der Waals surface area contributed by atoms with Crippen LogP contribution in [-0.4, -0.2) is 44.8 Å². The molecule has 1 aromatic carbocycles. The molecule has 1 rings (SSSR count). The zero-order valence-electron chi connectivity index (χ0n) is 14.5. The molecule has 25 heavy (non-hydrogen) atoms. The highest BCUT2D eigenvalue weighted by molar-refractivity contribution is 5.96. The molecule has 0 unspecified atom stereocenters. The van der Waals surface area contributed by atoms with Gasteiger partial charge in [-0.3, -0.25) is 10.1 Å². The van der Waals surface area contributed by atoms with E-state index in [4.69, 9.17) is 14.2 Å². The first-order chi connectivity index (χ1) is 12.0. The molecule has 0 saturated carbocycles. The molecule has 0 bridgehead atoms. The van der Waals surface area contributed by atoms with Crippen LogP contribution in [0.4, 0.5) is 4.79 Å². The molecule has 0 aromatic heterocycles.